The van der Waals surface area contributed by atoms with E-state index in [-0.39, 0.29) is 0 Å². The van der Waals surface area contributed by atoms with Crippen molar-refractivity contribution in [2.45, 2.75) is 13.8 Å². The number of allylic oxidation sites excluding steroid dienone is 7. The van der Waals surface area contributed by atoms with Gasteiger partial charge in [0.15, 0.2) is 0 Å². The molecular formula is C13H18S. The minimum Gasteiger partial charge on any atom is -0.206 e. The summed E-state index contributed by atoms with van der Waals surface area (Å²) in [6.45, 7) is 4.49. The van der Waals surface area contributed by atoms with Crippen LogP contribution in [-0.4, -0.2) is 17.4 Å². The standard InChI is InChI=1S/C13H18S/c1-11-9-10-14(3,4,12(11)2)13-7-5-6-8-13/h5-10H,1-4H3. The lowest BCUT2D eigenvalue weighted by Gasteiger charge is -2.40. The van der Waals surface area contributed by atoms with Crippen molar-refractivity contribution in [1.82, 2.24) is 0 Å². The van der Waals surface area contributed by atoms with Crippen molar-refractivity contribution in [2.24, 2.45) is 0 Å². The van der Waals surface area contributed by atoms with Crippen molar-refractivity contribution in [1.29, 1.82) is 0 Å². The van der Waals surface area contributed by atoms with Gasteiger partial charge in [-0.05, 0) is 47.1 Å². The van der Waals surface area contributed by atoms with E-state index < -0.39 is 8.75 Å². The quantitative estimate of drug-likeness (QED) is 0.530. The van der Waals surface area contributed by atoms with Crippen molar-refractivity contribution >= 4 is 13.6 Å². The van der Waals surface area contributed by atoms with Gasteiger partial charge in [0.2, 0.25) is 0 Å². The van der Waals surface area contributed by atoms with E-state index in [9.17, 15) is 0 Å². The van der Waals surface area contributed by atoms with Gasteiger partial charge in [0.1, 0.15) is 0 Å². The fraction of sp³-hybridized carbons (Fsp3) is 0.308. The lowest BCUT2D eigenvalue weighted by atomic mass is 10.3. The van der Waals surface area contributed by atoms with Crippen molar-refractivity contribution in [3.8, 4) is 0 Å². The molecule has 0 unspecified atom stereocenters. The Kier molecular flexibility index (Phi) is 1.81. The third-order valence-corrected chi connectivity index (χ3v) is 8.46. The Bertz CT molecular complexity index is 459. The van der Waals surface area contributed by atoms with E-state index in [2.05, 4.69) is 62.1 Å². The molecule has 14 heavy (non-hydrogen) atoms. The van der Waals surface area contributed by atoms with Crippen LogP contribution >= 0.6 is 8.75 Å². The van der Waals surface area contributed by atoms with Crippen LogP contribution in [0.2, 0.25) is 0 Å². The minimum atomic E-state index is -1.59. The van der Waals surface area contributed by atoms with E-state index in [1.165, 1.54) is 10.4 Å². The summed E-state index contributed by atoms with van der Waals surface area (Å²) in [7, 11) is -1.59. The number of hydrogen-bond acceptors (Lipinski definition) is 0. The lowest BCUT2D eigenvalue weighted by molar-refractivity contribution is 1.46. The van der Waals surface area contributed by atoms with Gasteiger partial charge in [-0.15, -0.1) is 0 Å². The van der Waals surface area contributed by atoms with Crippen molar-refractivity contribution < 1.29 is 0 Å². The molecule has 0 nitrogen and oxygen atoms in total. The van der Waals surface area contributed by atoms with Gasteiger partial charge in [-0.1, -0.05) is 30.4 Å². The van der Waals surface area contributed by atoms with Crippen LogP contribution in [0.4, 0.5) is 0 Å². The molecule has 0 aromatic rings. The van der Waals surface area contributed by atoms with Crippen LogP contribution in [0.3, 0.4) is 0 Å². The van der Waals surface area contributed by atoms with E-state index in [0.29, 0.717) is 0 Å². The van der Waals surface area contributed by atoms with Crippen LogP contribution in [0.15, 0.2) is 46.3 Å². The average molecular weight is 206 g/mol. The lowest BCUT2D eigenvalue weighted by Crippen LogP contribution is -2.09. The van der Waals surface area contributed by atoms with E-state index in [1.54, 1.807) is 4.91 Å². The third kappa shape index (κ3) is 1.05. The highest BCUT2D eigenvalue weighted by Gasteiger charge is 2.29. The van der Waals surface area contributed by atoms with E-state index >= 15 is 0 Å². The molecule has 1 aliphatic heterocycles. The van der Waals surface area contributed by atoms with Crippen molar-refractivity contribution in [3.63, 3.8) is 0 Å². The molecule has 0 fully saturated rings. The first-order valence-electron chi connectivity index (χ1n) is 4.91. The smallest absolute Gasteiger partial charge is 0.0102 e. The molecule has 2 rings (SSSR count). The van der Waals surface area contributed by atoms with Crippen LogP contribution in [0.25, 0.3) is 0 Å². The Morgan fingerprint density at radius 2 is 1.50 bits per heavy atom. The molecule has 1 heterocycles. The largest absolute Gasteiger partial charge is 0.206 e. The Hall–Kier alpha value is -0.820. The van der Waals surface area contributed by atoms with Crippen LogP contribution in [0.1, 0.15) is 13.8 Å². The van der Waals surface area contributed by atoms with Gasteiger partial charge in [0.25, 0.3) is 0 Å². The van der Waals surface area contributed by atoms with Gasteiger partial charge in [-0.3, -0.25) is 0 Å². The zero-order valence-electron chi connectivity index (χ0n) is 9.37. The molecule has 1 heteroatoms. The first-order chi connectivity index (χ1) is 6.44. The summed E-state index contributed by atoms with van der Waals surface area (Å²) < 4.78 is 0. The Balaban J connectivity index is 2.85. The Morgan fingerprint density at radius 1 is 0.929 bits per heavy atom. The first kappa shape index (κ1) is 9.72. The maximum absolute atomic E-state index is 2.43. The first-order valence-corrected chi connectivity index (χ1v) is 7.83. The molecule has 0 spiro atoms. The fourth-order valence-electron chi connectivity index (χ4n) is 2.05. The predicted octanol–water partition coefficient (Wildman–Crippen LogP) is 3.71. The molecule has 0 amide bonds. The molecular weight excluding hydrogens is 188 g/mol. The van der Waals surface area contributed by atoms with Gasteiger partial charge in [0, 0.05) is 0 Å². The van der Waals surface area contributed by atoms with Gasteiger partial charge >= 0.3 is 0 Å². The molecule has 2 aliphatic rings. The second kappa shape index (κ2) is 2.60. The van der Waals surface area contributed by atoms with E-state index in [4.69, 9.17) is 0 Å². The summed E-state index contributed by atoms with van der Waals surface area (Å²) in [6.07, 6.45) is 15.9. The molecule has 1 aliphatic carbocycles. The summed E-state index contributed by atoms with van der Waals surface area (Å²) >= 11 is 0. The molecule has 0 bridgehead atoms. The Labute approximate surface area is 86.6 Å². The number of rotatable bonds is 0. The Morgan fingerprint density at radius 3 is 1.93 bits per heavy atom. The van der Waals surface area contributed by atoms with Gasteiger partial charge < -0.3 is 0 Å². The average Bonchev–Trinajstić information content (AvgIpc) is 2.72. The summed E-state index contributed by atoms with van der Waals surface area (Å²) in [6, 6.07) is 0. The third-order valence-electron chi connectivity index (χ3n) is 3.58. The second-order valence-electron chi connectivity index (χ2n) is 4.70. The topological polar surface area (TPSA) is 0 Å². The predicted molar refractivity (Wildman–Crippen MR) is 70.2 cm³/mol. The number of hydrogen-bond donors (Lipinski definition) is 0. The molecule has 0 aromatic heterocycles. The maximum Gasteiger partial charge on any atom is -0.0102 e. The molecule has 0 saturated carbocycles. The summed E-state index contributed by atoms with van der Waals surface area (Å²) in [5.41, 5.74) is 1.44. The van der Waals surface area contributed by atoms with Crippen LogP contribution < -0.4 is 0 Å². The normalized spacial score (nSPS) is 29.7. The molecule has 0 N–H and O–H groups in total. The zero-order chi connectivity index (χ0) is 10.4. The van der Waals surface area contributed by atoms with Gasteiger partial charge in [-0.2, -0.15) is 0 Å². The van der Waals surface area contributed by atoms with Crippen LogP contribution in [0.5, 0.6) is 0 Å². The second-order valence-corrected chi connectivity index (χ2v) is 10.1. The molecule has 0 atom stereocenters. The summed E-state index contributed by atoms with van der Waals surface area (Å²) in [5.74, 6) is 0. The summed E-state index contributed by atoms with van der Waals surface area (Å²) in [4.78, 5) is 3.06. The zero-order valence-corrected chi connectivity index (χ0v) is 10.2. The molecule has 0 radical (unpaired) electrons. The van der Waals surface area contributed by atoms with Gasteiger partial charge in [-0.25, -0.2) is 8.75 Å². The monoisotopic (exact) mass is 206 g/mol. The maximum atomic E-state index is 2.43. The van der Waals surface area contributed by atoms with Crippen LogP contribution in [-0.2, 0) is 0 Å². The fourth-order valence-corrected chi connectivity index (χ4v) is 5.43. The van der Waals surface area contributed by atoms with Gasteiger partial charge in [0.05, 0.1) is 0 Å². The minimum absolute atomic E-state index is 1.44. The highest BCUT2D eigenvalue weighted by molar-refractivity contribution is 8.52. The van der Waals surface area contributed by atoms with Crippen LogP contribution in [0, 0.1) is 0 Å². The highest BCUT2D eigenvalue weighted by Crippen LogP contribution is 2.66. The van der Waals surface area contributed by atoms with Crippen molar-refractivity contribution in [2.75, 3.05) is 12.5 Å². The highest BCUT2D eigenvalue weighted by atomic mass is 32.3. The van der Waals surface area contributed by atoms with Crippen molar-refractivity contribution in [3.05, 3.63) is 46.3 Å². The molecule has 76 valence electrons. The van der Waals surface area contributed by atoms with E-state index in [1.807, 2.05) is 0 Å². The molecule has 0 saturated heterocycles. The SMILES string of the molecule is CC1=C(C)S(C)(C)(=C2C=CC=C2)C=C1. The molecule has 0 aromatic carbocycles. The summed E-state index contributed by atoms with van der Waals surface area (Å²) in [5, 5.41) is 2.43. The van der Waals surface area contributed by atoms with E-state index in [0.717, 1.165) is 0 Å².